The van der Waals surface area contributed by atoms with E-state index in [0.29, 0.717) is 11.6 Å². The lowest BCUT2D eigenvalue weighted by molar-refractivity contribution is 0.768. The highest BCUT2D eigenvalue weighted by molar-refractivity contribution is 5.68. The molecule has 0 atom stereocenters. The van der Waals surface area contributed by atoms with Crippen LogP contribution >= 0.6 is 0 Å². The third-order valence-corrected chi connectivity index (χ3v) is 3.59. The Morgan fingerprint density at radius 1 is 1.14 bits per heavy atom. The number of rotatable bonds is 2. The number of aryl methyl sites for hydroxylation is 2. The quantitative estimate of drug-likeness (QED) is 0.783. The first kappa shape index (κ1) is 13.3. The number of nitrogen functional groups attached to an aromatic ring is 1. The first-order valence-electron chi connectivity index (χ1n) is 6.75. The first-order valence-corrected chi connectivity index (χ1v) is 6.75. The minimum atomic E-state index is 0.458. The van der Waals surface area contributed by atoms with Gasteiger partial charge in [-0.2, -0.15) is 5.10 Å². The molecule has 21 heavy (non-hydrogen) atoms. The van der Waals surface area contributed by atoms with Gasteiger partial charge >= 0.3 is 0 Å². The molecule has 3 aromatic rings. The third-order valence-electron chi connectivity index (χ3n) is 3.59. The third kappa shape index (κ3) is 2.50. The van der Waals surface area contributed by atoms with Gasteiger partial charge in [-0.25, -0.2) is 9.97 Å². The maximum Gasteiger partial charge on any atom is 0.162 e. The smallest absolute Gasteiger partial charge is 0.162 e. The number of hydrogen-bond acceptors (Lipinski definition) is 4. The van der Waals surface area contributed by atoms with Crippen molar-refractivity contribution in [3.05, 3.63) is 47.8 Å². The molecule has 0 aliphatic heterocycles. The van der Waals surface area contributed by atoms with Gasteiger partial charge in [0, 0.05) is 30.4 Å². The maximum atomic E-state index is 5.95. The van der Waals surface area contributed by atoms with Crippen LogP contribution in [0, 0.1) is 13.8 Å². The largest absolute Gasteiger partial charge is 0.384 e. The minimum Gasteiger partial charge on any atom is -0.384 e. The monoisotopic (exact) mass is 279 g/mol. The summed E-state index contributed by atoms with van der Waals surface area (Å²) in [5, 5.41) is 4.17. The molecular weight excluding hydrogens is 262 g/mol. The summed E-state index contributed by atoms with van der Waals surface area (Å²) in [6, 6.07) is 7.87. The van der Waals surface area contributed by atoms with Crippen molar-refractivity contribution in [1.29, 1.82) is 0 Å². The highest BCUT2D eigenvalue weighted by Crippen LogP contribution is 2.26. The van der Waals surface area contributed by atoms with Crippen molar-refractivity contribution in [1.82, 2.24) is 19.7 Å². The summed E-state index contributed by atoms with van der Waals surface area (Å²) in [6.07, 6.45) is 3.68. The highest BCUT2D eigenvalue weighted by Gasteiger charge is 2.11. The van der Waals surface area contributed by atoms with Gasteiger partial charge in [-0.15, -0.1) is 0 Å². The number of aromatic nitrogens is 4. The van der Waals surface area contributed by atoms with Gasteiger partial charge in [0.05, 0.1) is 11.9 Å². The van der Waals surface area contributed by atoms with Crippen LogP contribution in [0.1, 0.15) is 11.1 Å². The van der Waals surface area contributed by atoms with E-state index in [2.05, 4.69) is 35.0 Å². The van der Waals surface area contributed by atoms with Crippen molar-refractivity contribution in [2.45, 2.75) is 13.8 Å². The molecule has 2 N–H and O–H groups in total. The Kier molecular flexibility index (Phi) is 3.17. The van der Waals surface area contributed by atoms with Gasteiger partial charge < -0.3 is 5.73 Å². The number of benzene rings is 1. The lowest BCUT2D eigenvalue weighted by Gasteiger charge is -2.09. The van der Waals surface area contributed by atoms with Gasteiger partial charge in [-0.1, -0.05) is 18.2 Å². The van der Waals surface area contributed by atoms with Gasteiger partial charge in [-0.05, 0) is 25.0 Å². The van der Waals surface area contributed by atoms with Crippen LogP contribution in [-0.4, -0.2) is 19.7 Å². The Bertz CT molecular complexity index is 804. The van der Waals surface area contributed by atoms with Crippen LogP contribution in [0.4, 0.5) is 5.82 Å². The number of hydrogen-bond donors (Lipinski definition) is 1. The van der Waals surface area contributed by atoms with Gasteiger partial charge in [0.1, 0.15) is 5.82 Å². The molecule has 0 spiro atoms. The predicted molar refractivity (Wildman–Crippen MR) is 83.6 cm³/mol. The molecular formula is C16H17N5. The predicted octanol–water partition coefficient (Wildman–Crippen LogP) is 2.74. The average Bonchev–Trinajstić information content (AvgIpc) is 2.88. The van der Waals surface area contributed by atoms with Crippen molar-refractivity contribution < 1.29 is 0 Å². The normalized spacial score (nSPS) is 10.8. The molecule has 0 saturated heterocycles. The van der Waals surface area contributed by atoms with E-state index in [4.69, 9.17) is 5.73 Å². The van der Waals surface area contributed by atoms with E-state index >= 15 is 0 Å². The van der Waals surface area contributed by atoms with Crippen molar-refractivity contribution in [2.75, 3.05) is 5.73 Å². The van der Waals surface area contributed by atoms with Crippen LogP contribution in [0.3, 0.4) is 0 Å². The zero-order chi connectivity index (χ0) is 15.0. The van der Waals surface area contributed by atoms with Gasteiger partial charge in [0.15, 0.2) is 5.82 Å². The summed E-state index contributed by atoms with van der Waals surface area (Å²) in [4.78, 5) is 9.02. The number of nitrogens with zero attached hydrogens (tertiary/aromatic N) is 4. The maximum absolute atomic E-state index is 5.95. The van der Waals surface area contributed by atoms with Crippen molar-refractivity contribution in [3.8, 4) is 22.6 Å². The standard InChI is InChI=1S/C16H17N5/c1-10-5-4-6-13(11(10)2)16-19-14(7-15(17)20-16)12-8-18-21(3)9-12/h4-9H,1-3H3,(H2,17,19,20). The van der Waals surface area contributed by atoms with E-state index in [1.165, 1.54) is 11.1 Å². The SMILES string of the molecule is Cc1cccc(-c2nc(N)cc(-c3cnn(C)c3)n2)c1C. The fraction of sp³-hybridized carbons (Fsp3) is 0.188. The minimum absolute atomic E-state index is 0.458. The molecule has 0 unspecified atom stereocenters. The molecule has 5 nitrogen and oxygen atoms in total. The van der Waals surface area contributed by atoms with Crippen LogP contribution < -0.4 is 5.73 Å². The van der Waals surface area contributed by atoms with E-state index in [-0.39, 0.29) is 0 Å². The van der Waals surface area contributed by atoms with Crippen LogP contribution in [0.5, 0.6) is 0 Å². The summed E-state index contributed by atoms with van der Waals surface area (Å²) in [5.74, 6) is 1.11. The van der Waals surface area contributed by atoms with Crippen LogP contribution in [-0.2, 0) is 7.05 Å². The summed E-state index contributed by atoms with van der Waals surface area (Å²) < 4.78 is 1.74. The average molecular weight is 279 g/mol. The van der Waals surface area contributed by atoms with Crippen LogP contribution in [0.25, 0.3) is 22.6 Å². The van der Waals surface area contributed by atoms with Crippen molar-refractivity contribution in [3.63, 3.8) is 0 Å². The van der Waals surface area contributed by atoms with Gasteiger partial charge in [-0.3, -0.25) is 4.68 Å². The molecule has 5 heteroatoms. The van der Waals surface area contributed by atoms with Crippen LogP contribution in [0.15, 0.2) is 36.7 Å². The van der Waals surface area contributed by atoms with E-state index in [9.17, 15) is 0 Å². The summed E-state index contributed by atoms with van der Waals surface area (Å²) in [7, 11) is 1.87. The van der Waals surface area contributed by atoms with Crippen molar-refractivity contribution >= 4 is 5.82 Å². The second-order valence-electron chi connectivity index (χ2n) is 5.15. The lowest BCUT2D eigenvalue weighted by atomic mass is 10.0. The molecule has 1 aromatic carbocycles. The molecule has 2 heterocycles. The Labute approximate surface area is 123 Å². The first-order chi connectivity index (χ1) is 10.0. The molecule has 0 aliphatic carbocycles. The molecule has 0 bridgehead atoms. The highest BCUT2D eigenvalue weighted by atomic mass is 15.2. The zero-order valence-corrected chi connectivity index (χ0v) is 12.3. The molecule has 2 aromatic heterocycles. The summed E-state index contributed by atoms with van der Waals surface area (Å²) in [6.45, 7) is 4.15. The second-order valence-corrected chi connectivity index (χ2v) is 5.15. The summed E-state index contributed by atoms with van der Waals surface area (Å²) >= 11 is 0. The Hall–Kier alpha value is -2.69. The van der Waals surface area contributed by atoms with Gasteiger partial charge in [0.25, 0.3) is 0 Å². The zero-order valence-electron chi connectivity index (χ0n) is 12.3. The Morgan fingerprint density at radius 3 is 2.67 bits per heavy atom. The number of anilines is 1. The lowest BCUT2D eigenvalue weighted by Crippen LogP contribution is -1.99. The van der Waals surface area contributed by atoms with E-state index in [1.807, 2.05) is 25.4 Å². The fourth-order valence-corrected chi connectivity index (χ4v) is 2.28. The molecule has 0 radical (unpaired) electrons. The van der Waals surface area contributed by atoms with Crippen molar-refractivity contribution in [2.24, 2.45) is 7.05 Å². The molecule has 0 amide bonds. The van der Waals surface area contributed by atoms with E-state index in [1.54, 1.807) is 16.9 Å². The fourth-order valence-electron chi connectivity index (χ4n) is 2.28. The topological polar surface area (TPSA) is 69.6 Å². The molecule has 0 fully saturated rings. The molecule has 106 valence electrons. The van der Waals surface area contributed by atoms with E-state index < -0.39 is 0 Å². The van der Waals surface area contributed by atoms with E-state index in [0.717, 1.165) is 16.8 Å². The number of nitrogens with two attached hydrogens (primary N) is 1. The Morgan fingerprint density at radius 2 is 1.95 bits per heavy atom. The molecule has 0 aliphatic rings. The molecule has 3 rings (SSSR count). The van der Waals surface area contributed by atoms with Crippen LogP contribution in [0.2, 0.25) is 0 Å². The molecule has 0 saturated carbocycles. The summed E-state index contributed by atoms with van der Waals surface area (Å²) in [5.41, 5.74) is 11.0. The Balaban J connectivity index is 2.16. The second kappa shape index (κ2) is 5.01. The van der Waals surface area contributed by atoms with Gasteiger partial charge in [0.2, 0.25) is 0 Å².